The highest BCUT2D eigenvalue weighted by Crippen LogP contribution is 2.32. The van der Waals surface area contributed by atoms with Gasteiger partial charge in [0.2, 0.25) is 0 Å². The molecular formula is C21H26N2OS. The minimum absolute atomic E-state index is 0.114. The average Bonchev–Trinajstić information content (AvgIpc) is 3.18. The molecule has 2 aromatic rings. The lowest BCUT2D eigenvalue weighted by molar-refractivity contribution is 0.0773. The van der Waals surface area contributed by atoms with Gasteiger partial charge in [0.25, 0.3) is 5.91 Å². The molecule has 0 saturated carbocycles. The van der Waals surface area contributed by atoms with Gasteiger partial charge in [0, 0.05) is 18.7 Å². The van der Waals surface area contributed by atoms with E-state index in [4.69, 9.17) is 0 Å². The summed E-state index contributed by atoms with van der Waals surface area (Å²) in [5.74, 6) is 0.114. The second-order valence-corrected chi connectivity index (χ2v) is 7.08. The first-order chi connectivity index (χ1) is 12.2. The van der Waals surface area contributed by atoms with E-state index in [0.29, 0.717) is 0 Å². The van der Waals surface area contributed by atoms with Crippen molar-refractivity contribution in [2.45, 2.75) is 26.7 Å². The summed E-state index contributed by atoms with van der Waals surface area (Å²) in [5, 5.41) is 7.79. The van der Waals surface area contributed by atoms with Gasteiger partial charge in [-0.15, -0.1) is 0 Å². The van der Waals surface area contributed by atoms with E-state index in [1.807, 2.05) is 30.9 Å². The number of carbonyl (C=O) groups excluding carboxylic acids is 1. The maximum absolute atomic E-state index is 12.5. The molecule has 1 N–H and O–H groups in total. The van der Waals surface area contributed by atoms with Gasteiger partial charge in [0.15, 0.2) is 0 Å². The van der Waals surface area contributed by atoms with Crippen LogP contribution in [-0.2, 0) is 0 Å². The van der Waals surface area contributed by atoms with Crippen LogP contribution in [0.25, 0.3) is 5.57 Å². The first-order valence-electron chi connectivity index (χ1n) is 9.09. The molecule has 1 amide bonds. The number of carbonyl (C=O) groups is 1. The lowest BCUT2D eigenvalue weighted by Gasteiger charge is -2.21. The number of thiophene rings is 1. The van der Waals surface area contributed by atoms with Crippen molar-refractivity contribution in [1.82, 2.24) is 10.2 Å². The number of nitrogens with zero attached hydrogens (tertiary/aromatic N) is 1. The van der Waals surface area contributed by atoms with Gasteiger partial charge in [-0.05, 0) is 85.4 Å². The lowest BCUT2D eigenvalue weighted by atomic mass is 9.89. The Morgan fingerprint density at radius 3 is 2.20 bits per heavy atom. The van der Waals surface area contributed by atoms with E-state index in [1.54, 1.807) is 11.3 Å². The predicted molar refractivity (Wildman–Crippen MR) is 106 cm³/mol. The van der Waals surface area contributed by atoms with Gasteiger partial charge in [-0.3, -0.25) is 4.79 Å². The van der Waals surface area contributed by atoms with Gasteiger partial charge >= 0.3 is 0 Å². The maximum Gasteiger partial charge on any atom is 0.253 e. The van der Waals surface area contributed by atoms with Crippen molar-refractivity contribution in [2.24, 2.45) is 0 Å². The molecule has 1 saturated heterocycles. The second kappa shape index (κ2) is 8.45. The van der Waals surface area contributed by atoms with Gasteiger partial charge in [-0.1, -0.05) is 17.7 Å². The van der Waals surface area contributed by atoms with Crippen molar-refractivity contribution in [3.8, 4) is 0 Å². The summed E-state index contributed by atoms with van der Waals surface area (Å²) in [6.07, 6.45) is 2.18. The molecule has 0 atom stereocenters. The van der Waals surface area contributed by atoms with Crippen molar-refractivity contribution in [2.75, 3.05) is 26.2 Å². The second-order valence-electron chi connectivity index (χ2n) is 6.30. The Balaban J connectivity index is 1.94. The summed E-state index contributed by atoms with van der Waals surface area (Å²) in [6, 6.07) is 10.4. The quantitative estimate of drug-likeness (QED) is 0.862. The fourth-order valence-corrected chi connectivity index (χ4v) is 4.08. The Morgan fingerprint density at radius 2 is 1.64 bits per heavy atom. The van der Waals surface area contributed by atoms with Crippen LogP contribution in [-0.4, -0.2) is 37.0 Å². The molecule has 4 heteroatoms. The Bertz CT molecular complexity index is 720. The Morgan fingerprint density at radius 1 is 1.00 bits per heavy atom. The SMILES string of the molecule is CCN(CC)C(=O)c1ccc(C(=C2CCNCC2)c2ccsc2)cc1. The number of rotatable bonds is 5. The number of hydrogen-bond acceptors (Lipinski definition) is 3. The number of hydrogen-bond donors (Lipinski definition) is 1. The fraction of sp³-hybridized carbons (Fsp3) is 0.381. The van der Waals surface area contributed by atoms with E-state index in [9.17, 15) is 4.79 Å². The van der Waals surface area contributed by atoms with Crippen molar-refractivity contribution in [3.63, 3.8) is 0 Å². The highest BCUT2D eigenvalue weighted by Gasteiger charge is 2.17. The molecule has 3 rings (SSSR count). The first kappa shape index (κ1) is 17.9. The van der Waals surface area contributed by atoms with E-state index < -0.39 is 0 Å². The zero-order valence-corrected chi connectivity index (χ0v) is 15.9. The summed E-state index contributed by atoms with van der Waals surface area (Å²) in [5.41, 5.74) is 6.15. The molecule has 0 unspecified atom stereocenters. The maximum atomic E-state index is 12.5. The van der Waals surface area contributed by atoms with Gasteiger partial charge in [0.05, 0.1) is 0 Å². The van der Waals surface area contributed by atoms with Gasteiger partial charge < -0.3 is 10.2 Å². The minimum atomic E-state index is 0.114. The van der Waals surface area contributed by atoms with Crippen molar-refractivity contribution in [1.29, 1.82) is 0 Å². The largest absolute Gasteiger partial charge is 0.339 e. The molecule has 0 radical (unpaired) electrons. The third kappa shape index (κ3) is 4.02. The van der Waals surface area contributed by atoms with E-state index in [2.05, 4.69) is 34.3 Å². The molecule has 132 valence electrons. The monoisotopic (exact) mass is 354 g/mol. The average molecular weight is 355 g/mol. The molecule has 1 aliphatic heterocycles. The van der Waals surface area contributed by atoms with Crippen LogP contribution >= 0.6 is 11.3 Å². The van der Waals surface area contributed by atoms with Crippen LogP contribution < -0.4 is 5.32 Å². The molecule has 0 spiro atoms. The summed E-state index contributed by atoms with van der Waals surface area (Å²) in [6.45, 7) is 7.61. The van der Waals surface area contributed by atoms with Gasteiger partial charge in [-0.2, -0.15) is 11.3 Å². The lowest BCUT2D eigenvalue weighted by Crippen LogP contribution is -2.30. The highest BCUT2D eigenvalue weighted by molar-refractivity contribution is 7.08. The number of amides is 1. The van der Waals surface area contributed by atoms with Gasteiger partial charge in [-0.25, -0.2) is 0 Å². The molecule has 1 aromatic carbocycles. The van der Waals surface area contributed by atoms with E-state index in [0.717, 1.165) is 44.6 Å². The predicted octanol–water partition coefficient (Wildman–Crippen LogP) is 4.42. The van der Waals surface area contributed by atoms with E-state index >= 15 is 0 Å². The Kier molecular flexibility index (Phi) is 6.05. The Hall–Kier alpha value is -1.91. The molecule has 3 nitrogen and oxygen atoms in total. The normalized spacial score (nSPS) is 14.4. The van der Waals surface area contributed by atoms with Crippen LogP contribution in [0.4, 0.5) is 0 Å². The van der Waals surface area contributed by atoms with Crippen LogP contribution in [0, 0.1) is 0 Å². The van der Waals surface area contributed by atoms with Crippen LogP contribution in [0.3, 0.4) is 0 Å². The molecule has 2 heterocycles. The molecular weight excluding hydrogens is 328 g/mol. The topological polar surface area (TPSA) is 32.3 Å². The zero-order valence-electron chi connectivity index (χ0n) is 15.0. The summed E-state index contributed by atoms with van der Waals surface area (Å²) >= 11 is 1.73. The number of nitrogens with one attached hydrogen (secondary N) is 1. The summed E-state index contributed by atoms with van der Waals surface area (Å²) < 4.78 is 0. The van der Waals surface area contributed by atoms with Gasteiger partial charge in [0.1, 0.15) is 0 Å². The molecule has 25 heavy (non-hydrogen) atoms. The van der Waals surface area contributed by atoms with Crippen LogP contribution in [0.15, 0.2) is 46.7 Å². The van der Waals surface area contributed by atoms with E-state index in [-0.39, 0.29) is 5.91 Å². The smallest absolute Gasteiger partial charge is 0.253 e. The highest BCUT2D eigenvalue weighted by atomic mass is 32.1. The summed E-state index contributed by atoms with van der Waals surface area (Å²) in [7, 11) is 0. The third-order valence-electron chi connectivity index (χ3n) is 4.84. The van der Waals surface area contributed by atoms with Crippen molar-refractivity contribution < 1.29 is 4.79 Å². The molecule has 1 aromatic heterocycles. The number of benzene rings is 1. The molecule has 1 aliphatic rings. The molecule has 0 bridgehead atoms. The van der Waals surface area contributed by atoms with E-state index in [1.165, 1.54) is 22.3 Å². The van der Waals surface area contributed by atoms with Crippen LogP contribution in [0.5, 0.6) is 0 Å². The minimum Gasteiger partial charge on any atom is -0.339 e. The first-order valence-corrected chi connectivity index (χ1v) is 10.0. The molecule has 1 fully saturated rings. The van der Waals surface area contributed by atoms with Crippen molar-refractivity contribution >= 4 is 22.8 Å². The summed E-state index contributed by atoms with van der Waals surface area (Å²) in [4.78, 5) is 14.4. The standard InChI is InChI=1S/C21H26N2OS/c1-3-23(4-2)21(24)18-7-5-16(6-8-18)20(19-11-14-25-15-19)17-9-12-22-13-10-17/h5-8,11,14-15,22H,3-4,9-10,12-13H2,1-2H3. The fourth-order valence-electron chi connectivity index (χ4n) is 3.43. The molecule has 0 aliphatic carbocycles. The van der Waals surface area contributed by atoms with Crippen molar-refractivity contribution in [3.05, 3.63) is 63.4 Å². The Labute approximate surface area is 154 Å². The zero-order chi connectivity index (χ0) is 17.6. The van der Waals surface area contributed by atoms with Crippen LogP contribution in [0.1, 0.15) is 48.2 Å². The third-order valence-corrected chi connectivity index (χ3v) is 5.52. The van der Waals surface area contributed by atoms with Crippen LogP contribution in [0.2, 0.25) is 0 Å². The number of piperidine rings is 1.